The van der Waals surface area contributed by atoms with Gasteiger partial charge in [-0.25, -0.2) is 6.20 Å². The number of nitrogens with zero attached hydrogens (tertiary/aromatic N) is 1. The number of hydrogen-bond acceptors (Lipinski definition) is 1. The van der Waals surface area contributed by atoms with Crippen LogP contribution in [0.15, 0.2) is 18.3 Å². The summed E-state index contributed by atoms with van der Waals surface area (Å²) in [7, 11) is 0. The summed E-state index contributed by atoms with van der Waals surface area (Å²) in [6.07, 6.45) is 4.23. The molecule has 0 fully saturated rings. The largest absolute Gasteiger partial charge is 0.529 e. The van der Waals surface area contributed by atoms with Crippen LogP contribution >= 0.6 is 0 Å². The molecule has 1 aromatic heterocycles. The summed E-state index contributed by atoms with van der Waals surface area (Å²) in [4.78, 5) is 3.63. The van der Waals surface area contributed by atoms with Crippen LogP contribution in [0.2, 0.25) is 0 Å². The monoisotopic (exact) mass is 230 g/mol. The SMILES string of the molecule is [V].[V].[V].[c-]1c[c-]ncc1. The molecule has 3 radical (unpaired) electrons. The Morgan fingerprint density at radius 2 is 1.78 bits per heavy atom. The van der Waals surface area contributed by atoms with E-state index in [2.05, 4.69) is 17.2 Å². The molecule has 0 saturated carbocycles. The molecule has 1 nitrogen and oxygen atoms in total. The van der Waals surface area contributed by atoms with Crippen LogP contribution in [0.1, 0.15) is 0 Å². The molecule has 0 bridgehead atoms. The second-order valence-electron chi connectivity index (χ2n) is 0.885. The molecule has 9 heavy (non-hydrogen) atoms. The summed E-state index contributed by atoms with van der Waals surface area (Å²) in [5.74, 6) is 0. The van der Waals surface area contributed by atoms with E-state index in [1.165, 1.54) is 0 Å². The van der Waals surface area contributed by atoms with Gasteiger partial charge in [-0.05, 0) is 0 Å². The Kier molecular flexibility index (Phi) is 21.4. The van der Waals surface area contributed by atoms with Gasteiger partial charge in [0.15, 0.2) is 0 Å². The third kappa shape index (κ3) is 8.90. The predicted octanol–water partition coefficient (Wildman–Crippen LogP) is 0.674. The van der Waals surface area contributed by atoms with Gasteiger partial charge in [0.05, 0.1) is 0 Å². The minimum Gasteiger partial charge on any atom is -0.529 e. The summed E-state index contributed by atoms with van der Waals surface area (Å²) < 4.78 is 0. The second kappa shape index (κ2) is 11.7. The van der Waals surface area contributed by atoms with Crippen LogP contribution < -0.4 is 0 Å². The first kappa shape index (κ1) is 16.5. The molecule has 1 rings (SSSR count). The zero-order valence-electron chi connectivity index (χ0n) is 4.52. The van der Waals surface area contributed by atoms with E-state index in [9.17, 15) is 0 Å². The Morgan fingerprint density at radius 3 is 1.89 bits per heavy atom. The van der Waals surface area contributed by atoms with E-state index in [1.54, 1.807) is 18.3 Å². The molecule has 0 spiro atoms. The smallest absolute Gasteiger partial charge is 0 e. The van der Waals surface area contributed by atoms with Crippen LogP contribution in [0.5, 0.6) is 0 Å². The Balaban J connectivity index is -0.000000120. The van der Waals surface area contributed by atoms with E-state index in [1.807, 2.05) is 0 Å². The van der Waals surface area contributed by atoms with E-state index in [4.69, 9.17) is 0 Å². The third-order valence-corrected chi connectivity index (χ3v) is 0.468. The maximum atomic E-state index is 3.63. The van der Waals surface area contributed by atoms with Crippen LogP contribution in [0.3, 0.4) is 0 Å². The van der Waals surface area contributed by atoms with Gasteiger partial charge in [0.25, 0.3) is 0 Å². The van der Waals surface area contributed by atoms with E-state index in [0.29, 0.717) is 0 Å². The predicted molar refractivity (Wildman–Crippen MR) is 21.9 cm³/mol. The second-order valence-corrected chi connectivity index (χ2v) is 0.885. The standard InChI is InChI=1S/C5H3N.3V/c1-2-4-6-5-3-1;;;/h2-4H;;;/q-2;;;. The van der Waals surface area contributed by atoms with Crippen LogP contribution in [-0.4, -0.2) is 4.98 Å². The van der Waals surface area contributed by atoms with Gasteiger partial charge in [-0.2, -0.15) is 0 Å². The summed E-state index contributed by atoms with van der Waals surface area (Å²) in [5, 5.41) is 0. The molecule has 0 N–H and O–H groups in total. The topological polar surface area (TPSA) is 12.9 Å². The summed E-state index contributed by atoms with van der Waals surface area (Å²) in [6, 6.07) is 6.15. The van der Waals surface area contributed by atoms with Gasteiger partial charge < -0.3 is 11.1 Å². The maximum Gasteiger partial charge on any atom is 0 e. The molecule has 0 amide bonds. The molecular weight excluding hydrogens is 227 g/mol. The molecule has 4 heteroatoms. The van der Waals surface area contributed by atoms with Gasteiger partial charge in [0.1, 0.15) is 0 Å². The normalized spacial score (nSPS) is 5.33. The molecule has 0 aliphatic rings. The van der Waals surface area contributed by atoms with Crippen LogP contribution in [0.25, 0.3) is 0 Å². The van der Waals surface area contributed by atoms with E-state index < -0.39 is 0 Å². The molecule has 1 heterocycles. The summed E-state index contributed by atoms with van der Waals surface area (Å²) in [6.45, 7) is 0. The van der Waals surface area contributed by atoms with Crippen molar-refractivity contribution in [2.75, 3.05) is 0 Å². The average Bonchev–Trinajstić information content (AvgIpc) is 1.72. The van der Waals surface area contributed by atoms with Crippen molar-refractivity contribution in [1.82, 2.24) is 4.98 Å². The van der Waals surface area contributed by atoms with Crippen molar-refractivity contribution < 1.29 is 55.7 Å². The van der Waals surface area contributed by atoms with Gasteiger partial charge in [-0.1, -0.05) is 0 Å². The minimum atomic E-state index is 0. The van der Waals surface area contributed by atoms with Crippen LogP contribution in [0.4, 0.5) is 0 Å². The fourth-order valence-electron chi connectivity index (χ4n) is 0.246. The Labute approximate surface area is 90.7 Å². The number of hydrogen-bond donors (Lipinski definition) is 0. The molecule has 1 aromatic rings. The zero-order valence-corrected chi connectivity index (χ0v) is 8.71. The summed E-state index contributed by atoms with van der Waals surface area (Å²) in [5.41, 5.74) is 0. The first-order chi connectivity index (χ1) is 3.00. The van der Waals surface area contributed by atoms with Crippen molar-refractivity contribution in [3.8, 4) is 0 Å². The number of pyridine rings is 1. The van der Waals surface area contributed by atoms with Gasteiger partial charge in [0, 0.05) is 55.7 Å². The minimum absolute atomic E-state index is 0. The Morgan fingerprint density at radius 1 is 1.11 bits per heavy atom. The molecular formula is C5H3NV3-2. The first-order valence-electron chi connectivity index (χ1n) is 1.68. The Hall–Kier alpha value is 0.903. The number of aromatic nitrogens is 1. The van der Waals surface area contributed by atoms with Crippen molar-refractivity contribution in [3.05, 3.63) is 30.6 Å². The van der Waals surface area contributed by atoms with Crippen LogP contribution in [-0.2, 0) is 55.7 Å². The molecule has 0 saturated heterocycles. The van der Waals surface area contributed by atoms with E-state index in [-0.39, 0.29) is 55.7 Å². The van der Waals surface area contributed by atoms with Gasteiger partial charge in [0.2, 0.25) is 0 Å². The van der Waals surface area contributed by atoms with Crippen molar-refractivity contribution in [2.45, 2.75) is 0 Å². The van der Waals surface area contributed by atoms with Gasteiger partial charge in [-0.3, -0.25) is 18.3 Å². The average molecular weight is 230 g/mol. The van der Waals surface area contributed by atoms with E-state index in [0.717, 1.165) is 0 Å². The molecule has 0 unspecified atom stereocenters. The first-order valence-corrected chi connectivity index (χ1v) is 1.68. The fourth-order valence-corrected chi connectivity index (χ4v) is 0.246. The number of rotatable bonds is 0. The van der Waals surface area contributed by atoms with Crippen molar-refractivity contribution in [1.29, 1.82) is 0 Å². The molecule has 0 atom stereocenters. The summed E-state index contributed by atoms with van der Waals surface area (Å²) >= 11 is 0. The van der Waals surface area contributed by atoms with Crippen LogP contribution in [0, 0.1) is 12.3 Å². The zero-order chi connectivity index (χ0) is 4.24. The maximum absolute atomic E-state index is 3.63. The fraction of sp³-hybridized carbons (Fsp3) is 0. The van der Waals surface area contributed by atoms with Crippen molar-refractivity contribution >= 4 is 0 Å². The van der Waals surface area contributed by atoms with Crippen molar-refractivity contribution in [2.24, 2.45) is 0 Å². The van der Waals surface area contributed by atoms with Gasteiger partial charge >= 0.3 is 0 Å². The third-order valence-electron chi connectivity index (χ3n) is 0.468. The molecule has 0 aliphatic carbocycles. The Bertz CT molecular complexity index is 84.1. The molecule has 0 aromatic carbocycles. The van der Waals surface area contributed by atoms with Crippen molar-refractivity contribution in [3.63, 3.8) is 0 Å². The quantitative estimate of drug-likeness (QED) is 0.597. The van der Waals surface area contributed by atoms with E-state index >= 15 is 0 Å². The molecule has 45 valence electrons. The van der Waals surface area contributed by atoms with Gasteiger partial charge in [-0.15, -0.1) is 0 Å². The molecule has 0 aliphatic heterocycles.